The first-order valence-corrected chi connectivity index (χ1v) is 42.6. The van der Waals surface area contributed by atoms with Crippen LogP contribution in [0.1, 0.15) is 0 Å². The van der Waals surface area contributed by atoms with Gasteiger partial charge in [0, 0.05) is 121 Å². The van der Waals surface area contributed by atoms with Crippen LogP contribution < -0.4 is 0 Å². The van der Waals surface area contributed by atoms with Crippen molar-refractivity contribution >= 4 is 142 Å². The molecule has 124 heavy (non-hydrogen) atoms. The smallest absolute Gasteiger partial charge is 0.160 e. The second-order valence-corrected chi connectivity index (χ2v) is 33.1. The Morgan fingerprint density at radius 2 is 0.419 bits per heavy atom. The molecule has 0 unspecified atom stereocenters. The summed E-state index contributed by atoms with van der Waals surface area (Å²) < 4.78 is 14.6. The third-order valence-corrected chi connectivity index (χ3v) is 26.5. The zero-order valence-corrected chi connectivity index (χ0v) is 67.0. The summed E-state index contributed by atoms with van der Waals surface area (Å²) in [5.41, 5.74) is 34.0. The van der Waals surface area contributed by atoms with Gasteiger partial charge in [0.1, 0.15) is 0 Å². The zero-order chi connectivity index (χ0) is 80.9. The van der Waals surface area contributed by atoms with Crippen LogP contribution in [-0.4, -0.2) is 37.4 Å². The quantitative estimate of drug-likeness (QED) is 0.130. The molecular formula is C116H70N8. The summed E-state index contributed by atoms with van der Waals surface area (Å²) in [6, 6.07) is 157. The molecular weight excluding hydrogens is 1510 g/mol. The number of rotatable bonds is 11. The summed E-state index contributed by atoms with van der Waals surface area (Å²) in [5.74, 6) is 0.624. The van der Waals surface area contributed by atoms with Crippen molar-refractivity contribution in [2.75, 3.05) is 0 Å². The number of nitrogens with zero attached hydrogens (tertiary/aromatic N) is 8. The van der Waals surface area contributed by atoms with Crippen LogP contribution in [0.4, 0.5) is 0 Å². The van der Waals surface area contributed by atoms with Crippen molar-refractivity contribution in [1.82, 2.24) is 37.4 Å². The van der Waals surface area contributed by atoms with Crippen LogP contribution in [-0.2, 0) is 0 Å². The van der Waals surface area contributed by atoms with Gasteiger partial charge in [0.15, 0.2) is 5.82 Å². The van der Waals surface area contributed by atoms with Gasteiger partial charge in [-0.3, -0.25) is 0 Å². The molecule has 1 aliphatic carbocycles. The number of para-hydroxylation sites is 9. The van der Waals surface area contributed by atoms with Crippen molar-refractivity contribution in [2.45, 2.75) is 0 Å². The molecule has 0 saturated heterocycles. The molecule has 1 aliphatic rings. The lowest BCUT2D eigenvalue weighted by atomic mass is 9.99. The van der Waals surface area contributed by atoms with Crippen molar-refractivity contribution in [3.8, 4) is 113 Å². The van der Waals surface area contributed by atoms with Gasteiger partial charge >= 0.3 is 0 Å². The van der Waals surface area contributed by atoms with E-state index in [-0.39, 0.29) is 0 Å². The van der Waals surface area contributed by atoms with Crippen LogP contribution in [0.25, 0.3) is 254 Å². The van der Waals surface area contributed by atoms with Gasteiger partial charge in [-0.05, 0) is 226 Å². The van der Waals surface area contributed by atoms with Crippen molar-refractivity contribution < 1.29 is 0 Å². The minimum atomic E-state index is 0.624. The van der Waals surface area contributed by atoms with Gasteiger partial charge in [-0.15, -0.1) is 0 Å². The standard InChI is InChI=1S/C116H70N8/c1-4-28-80(29-5-1)119-100-43-16-10-35-86(100)94-64-72(49-55-106(94)119)75-52-58-109-97(67-75)89-38-13-19-46-103(89)122(109)83-34-22-27-78(61-83)114-113-92-41-23-25-71-26-24-42-93(112(71)92)115(113)118-116(117-114)79-62-84(123-104-47-20-14-39-90(104)98-68-76(53-59-110(98)123)73-50-56-107-95(65-73)87-36-11-17-44-101(87)120(107)81-30-6-2-7-31-81)70-85(63-79)124-105-48-21-15-40-91(105)99-69-77(54-60-111(99)124)74-51-57-108-96(66-74)88-37-12-18-45-102(88)121(108)82-32-8-3-9-33-82/h1-70H. The van der Waals surface area contributed by atoms with Crippen molar-refractivity contribution in [3.63, 3.8) is 0 Å². The summed E-state index contributed by atoms with van der Waals surface area (Å²) in [6.07, 6.45) is 0. The lowest BCUT2D eigenvalue weighted by Crippen LogP contribution is -2.03. The van der Waals surface area contributed by atoms with Gasteiger partial charge in [0.05, 0.1) is 77.6 Å². The van der Waals surface area contributed by atoms with E-state index < -0.39 is 0 Å². The third-order valence-electron chi connectivity index (χ3n) is 26.5. The summed E-state index contributed by atoms with van der Waals surface area (Å²) >= 11 is 0. The molecule has 0 saturated carbocycles. The molecule has 0 radical (unpaired) electrons. The molecule has 0 amide bonds. The van der Waals surface area contributed by atoms with Crippen LogP contribution in [0.3, 0.4) is 0 Å². The fraction of sp³-hybridized carbons (Fsp3) is 0. The maximum atomic E-state index is 6.07. The number of fused-ring (bicyclic) bond motifs is 21. The average molecular weight is 1580 g/mol. The molecule has 19 aromatic carbocycles. The monoisotopic (exact) mass is 1570 g/mol. The first kappa shape index (κ1) is 68.3. The van der Waals surface area contributed by atoms with Crippen molar-refractivity contribution in [2.24, 2.45) is 0 Å². The van der Waals surface area contributed by atoms with Gasteiger partial charge in [-0.25, -0.2) is 9.97 Å². The molecule has 0 fully saturated rings. The Hall–Kier alpha value is -16.7. The highest BCUT2D eigenvalue weighted by atomic mass is 15.0. The van der Waals surface area contributed by atoms with Crippen LogP contribution in [0.2, 0.25) is 0 Å². The third kappa shape index (κ3) is 10.1. The van der Waals surface area contributed by atoms with Crippen molar-refractivity contribution in [3.05, 3.63) is 425 Å². The molecule has 26 aromatic rings. The van der Waals surface area contributed by atoms with Gasteiger partial charge in [0.25, 0.3) is 0 Å². The normalized spacial score (nSPS) is 12.2. The topological polar surface area (TPSA) is 55.4 Å². The second-order valence-electron chi connectivity index (χ2n) is 33.1. The maximum Gasteiger partial charge on any atom is 0.160 e. The SMILES string of the molecule is c1ccc(-n2c3ccccc3c3cc(-c4ccc5c(c4)c4ccccc4n5-c4cccc(-c5nc(-c6cc(-n7c8ccccc8c8cc(-c9ccc%10c(c9)c9ccccc9n%10-c9ccccc9)ccc87)cc(-n7c8ccccc8c8cc(-c9ccc%10c(c9)c9ccccc9n%10-c9ccccc9)ccc87)c6)nc6c5-c5cccc7cccc-6c57)c4)ccc32)cc1. The second kappa shape index (κ2) is 26.4. The van der Waals surface area contributed by atoms with Crippen LogP contribution in [0.5, 0.6) is 0 Å². The van der Waals surface area contributed by atoms with Crippen LogP contribution in [0, 0.1) is 0 Å². The Bertz CT molecular complexity index is 8760. The lowest BCUT2D eigenvalue weighted by Gasteiger charge is -2.17. The molecule has 574 valence electrons. The van der Waals surface area contributed by atoms with E-state index in [0.29, 0.717) is 5.82 Å². The minimum absolute atomic E-state index is 0.624. The first-order valence-electron chi connectivity index (χ1n) is 42.6. The molecule has 7 heterocycles. The lowest BCUT2D eigenvalue weighted by molar-refractivity contribution is 1.12. The molecule has 0 atom stereocenters. The summed E-state index contributed by atoms with van der Waals surface area (Å²) in [4.78, 5) is 12.0. The summed E-state index contributed by atoms with van der Waals surface area (Å²) in [6.45, 7) is 0. The molecule has 0 bridgehead atoms. The van der Waals surface area contributed by atoms with E-state index in [1.165, 1.54) is 92.5 Å². The largest absolute Gasteiger partial charge is 0.309 e. The predicted molar refractivity (Wildman–Crippen MR) is 517 cm³/mol. The van der Waals surface area contributed by atoms with Crippen molar-refractivity contribution in [1.29, 1.82) is 0 Å². The Morgan fingerprint density at radius 3 is 0.766 bits per heavy atom. The Labute approximate surface area is 711 Å². The summed E-state index contributed by atoms with van der Waals surface area (Å²) in [7, 11) is 0. The van der Waals surface area contributed by atoms with Gasteiger partial charge in [-0.1, -0.05) is 249 Å². The van der Waals surface area contributed by atoms with E-state index >= 15 is 0 Å². The molecule has 8 nitrogen and oxygen atoms in total. The zero-order valence-electron chi connectivity index (χ0n) is 67.0. The molecule has 7 aromatic heterocycles. The van der Waals surface area contributed by atoms with E-state index in [4.69, 9.17) is 9.97 Å². The van der Waals surface area contributed by atoms with E-state index in [2.05, 4.69) is 452 Å². The molecule has 0 N–H and O–H groups in total. The average Bonchev–Trinajstić information content (AvgIpc) is 1.54. The number of benzene rings is 19. The first-order chi connectivity index (χ1) is 61.5. The van der Waals surface area contributed by atoms with E-state index in [1.807, 2.05) is 0 Å². The van der Waals surface area contributed by atoms with Crippen LogP contribution in [0.15, 0.2) is 425 Å². The molecule has 0 spiro atoms. The van der Waals surface area contributed by atoms with E-state index in [9.17, 15) is 0 Å². The highest BCUT2D eigenvalue weighted by Gasteiger charge is 2.31. The predicted octanol–water partition coefficient (Wildman–Crippen LogP) is 30.2. The fourth-order valence-electron chi connectivity index (χ4n) is 21.1. The van der Waals surface area contributed by atoms with E-state index in [0.717, 1.165) is 156 Å². The number of hydrogen-bond acceptors (Lipinski definition) is 2. The fourth-order valence-corrected chi connectivity index (χ4v) is 21.1. The molecule has 27 rings (SSSR count). The Morgan fingerprint density at radius 1 is 0.153 bits per heavy atom. The number of hydrogen-bond donors (Lipinski definition) is 0. The number of aromatic nitrogens is 8. The Kier molecular flexibility index (Phi) is 14.5. The van der Waals surface area contributed by atoms with Gasteiger partial charge in [-0.2, -0.15) is 0 Å². The van der Waals surface area contributed by atoms with Gasteiger partial charge in [0.2, 0.25) is 0 Å². The Balaban J connectivity index is 0.653. The highest BCUT2D eigenvalue weighted by molar-refractivity contribution is 6.20. The molecule has 8 heteroatoms. The highest BCUT2D eigenvalue weighted by Crippen LogP contribution is 2.52. The van der Waals surface area contributed by atoms with E-state index in [1.54, 1.807) is 0 Å². The minimum Gasteiger partial charge on any atom is -0.309 e. The molecule has 0 aliphatic heterocycles. The van der Waals surface area contributed by atoms with Gasteiger partial charge < -0.3 is 27.4 Å². The maximum absolute atomic E-state index is 6.07. The van der Waals surface area contributed by atoms with Crippen LogP contribution >= 0.6 is 0 Å². The summed E-state index contributed by atoms with van der Waals surface area (Å²) in [5, 5.41) is 16.7.